The number of rotatable bonds is 0. The third kappa shape index (κ3) is 503. The van der Waals surface area contributed by atoms with Crippen LogP contribution in [0.1, 0.15) is 0 Å². The van der Waals surface area contributed by atoms with Gasteiger partial charge in [-0.2, -0.15) is 0 Å². The molecule has 0 rings (SSSR count). The normalized spacial score (nSPS) is 0. The second-order valence-electron chi connectivity index (χ2n) is 0. The molecule has 0 aromatic heterocycles. The average Bonchev–Trinajstić information content (AvgIpc) is 0. The zero-order valence-corrected chi connectivity index (χ0v) is 17.8. The maximum atomic E-state index is 0. The van der Waals surface area contributed by atoms with Gasteiger partial charge in [-0.3, -0.25) is 0 Å². The van der Waals surface area contributed by atoms with Crippen LogP contribution in [0, 0.1) is 0 Å². The molecule has 0 aliphatic carbocycles. The van der Waals surface area contributed by atoms with Gasteiger partial charge in [0, 0.05) is 129 Å². The summed E-state index contributed by atoms with van der Waals surface area (Å²) in [6, 6.07) is 0. The topological polar surface area (TPSA) is 315 Å². The molecule has 0 aromatic rings. The largest absolute Gasteiger partial charge is 0.412 e. The minimum atomic E-state index is 0. The Hall–Kier alpha value is 3.42. The molecule has 0 aromatic carbocycles. The first-order chi connectivity index (χ1) is 0. The molecule has 0 saturated heterocycles. The van der Waals surface area contributed by atoms with E-state index in [0.29, 0.717) is 0 Å². The van der Waals surface area contributed by atoms with Crippen LogP contribution in [-0.4, -0.2) is 184 Å². The SMILES string of the molecule is O.O.O.O.O.O.O.O.O.O.[Al].[Al].[Al].[Al].[Ca].[Si].[Si]. The van der Waals surface area contributed by atoms with E-state index < -0.39 is 0 Å². The number of hydrogen-bond donors (Lipinski definition) is 0. The molecule has 102 valence electrons. The molecule has 10 nitrogen and oxygen atoms in total. The van der Waals surface area contributed by atoms with E-state index in [9.17, 15) is 0 Å². The summed E-state index contributed by atoms with van der Waals surface area (Å²) in [6.45, 7) is 0. The summed E-state index contributed by atoms with van der Waals surface area (Å²) in [4.78, 5) is 0. The second-order valence-corrected chi connectivity index (χ2v) is 0. The Morgan fingerprint density at radius 3 is 0.235 bits per heavy atom. The zero-order chi connectivity index (χ0) is 0. The van der Waals surface area contributed by atoms with Crippen molar-refractivity contribution in [2.75, 3.05) is 0 Å². The standard InChI is InChI=1S/4Al.Ca.10H2O.2Si/h;;;;;10*1H2;;. The van der Waals surface area contributed by atoms with Crippen LogP contribution in [0.2, 0.25) is 0 Å². The van der Waals surface area contributed by atoms with Crippen molar-refractivity contribution in [2.24, 2.45) is 0 Å². The molecule has 0 unspecified atom stereocenters. The molecule has 0 atom stereocenters. The van der Waals surface area contributed by atoms with E-state index in [1.165, 1.54) is 0 Å². The Morgan fingerprint density at radius 1 is 0.235 bits per heavy atom. The molecule has 0 bridgehead atoms. The summed E-state index contributed by atoms with van der Waals surface area (Å²) in [5.41, 5.74) is 0. The minimum Gasteiger partial charge on any atom is -0.412 e. The Kier molecular flexibility index (Phi) is 21800. The van der Waals surface area contributed by atoms with Crippen LogP contribution in [0.5, 0.6) is 0 Å². The van der Waals surface area contributed by atoms with E-state index in [-0.39, 0.29) is 184 Å². The van der Waals surface area contributed by atoms with Crippen LogP contribution in [0.3, 0.4) is 0 Å². The molecule has 0 heterocycles. The van der Waals surface area contributed by atoms with Crippen molar-refractivity contribution in [2.45, 2.75) is 0 Å². The molecule has 17 heteroatoms. The maximum Gasteiger partial charge on any atom is 0 e. The predicted molar refractivity (Wildman–Crippen MR) is 76.4 cm³/mol. The average molecular weight is 384 g/mol. The van der Waals surface area contributed by atoms with Crippen molar-refractivity contribution >= 4 is 129 Å². The van der Waals surface area contributed by atoms with Crippen LogP contribution in [0.15, 0.2) is 0 Å². The van der Waals surface area contributed by atoms with E-state index in [0.717, 1.165) is 0 Å². The van der Waals surface area contributed by atoms with Gasteiger partial charge in [-0.05, 0) is 0 Å². The van der Waals surface area contributed by atoms with Crippen molar-refractivity contribution in [1.82, 2.24) is 0 Å². The van der Waals surface area contributed by atoms with Crippen molar-refractivity contribution in [3.8, 4) is 0 Å². The molecule has 20 N–H and O–H groups in total. The minimum absolute atomic E-state index is 0. The van der Waals surface area contributed by atoms with Crippen molar-refractivity contribution in [3.63, 3.8) is 0 Å². The van der Waals surface area contributed by atoms with Crippen molar-refractivity contribution < 1.29 is 54.8 Å². The molecule has 0 saturated carbocycles. The Bertz CT molecular complexity index is 26.3. The van der Waals surface area contributed by atoms with Gasteiger partial charge >= 0.3 is 0 Å². The molecular weight excluding hydrogens is 364 g/mol. The third-order valence-electron chi connectivity index (χ3n) is 0. The molecule has 0 aliphatic heterocycles. The summed E-state index contributed by atoms with van der Waals surface area (Å²) >= 11 is 0. The van der Waals surface area contributed by atoms with Crippen molar-refractivity contribution in [1.29, 1.82) is 0 Å². The van der Waals surface area contributed by atoms with Crippen LogP contribution in [0.25, 0.3) is 0 Å². The first-order valence-electron chi connectivity index (χ1n) is 0. The molecular formula is H20Al4CaO10Si2. The molecule has 17 heavy (non-hydrogen) atoms. The zero-order valence-electron chi connectivity index (χ0n) is 9.02. The van der Waals surface area contributed by atoms with Crippen LogP contribution in [0.4, 0.5) is 0 Å². The van der Waals surface area contributed by atoms with E-state index in [2.05, 4.69) is 0 Å². The molecule has 0 spiro atoms. The van der Waals surface area contributed by atoms with Gasteiger partial charge in [-0.1, -0.05) is 0 Å². The van der Waals surface area contributed by atoms with Crippen molar-refractivity contribution in [3.05, 3.63) is 0 Å². The van der Waals surface area contributed by atoms with Crippen LogP contribution < -0.4 is 0 Å². The predicted octanol–water partition coefficient (Wildman–Crippen LogP) is -10.9. The third-order valence-corrected chi connectivity index (χ3v) is 0. The fraction of sp³-hybridized carbons (Fsp3) is 0. The second kappa shape index (κ2) is 563. The maximum absolute atomic E-state index is 0. The van der Waals surface area contributed by atoms with Crippen LogP contribution in [-0.2, 0) is 0 Å². The van der Waals surface area contributed by atoms with Gasteiger partial charge in [0.1, 0.15) is 0 Å². The molecule has 0 aliphatic rings. The summed E-state index contributed by atoms with van der Waals surface area (Å²) in [7, 11) is 0. The quantitative estimate of drug-likeness (QED) is 0.351. The van der Waals surface area contributed by atoms with Gasteiger partial charge in [0.15, 0.2) is 0 Å². The Labute approximate surface area is 181 Å². The number of hydrogen-bond acceptors (Lipinski definition) is 0. The van der Waals surface area contributed by atoms with Gasteiger partial charge in [-0.25, -0.2) is 0 Å². The van der Waals surface area contributed by atoms with Gasteiger partial charge < -0.3 is 54.8 Å². The van der Waals surface area contributed by atoms with Gasteiger partial charge in [0.05, 0.1) is 0 Å². The smallest absolute Gasteiger partial charge is 0 e. The van der Waals surface area contributed by atoms with Gasteiger partial charge in [0.2, 0.25) is 0 Å². The van der Waals surface area contributed by atoms with Gasteiger partial charge in [-0.15, -0.1) is 0 Å². The van der Waals surface area contributed by atoms with E-state index in [1.54, 1.807) is 0 Å². The van der Waals surface area contributed by atoms with E-state index >= 15 is 0 Å². The first kappa shape index (κ1) is 657. The van der Waals surface area contributed by atoms with Crippen LogP contribution >= 0.6 is 0 Å². The first-order valence-corrected chi connectivity index (χ1v) is 0. The summed E-state index contributed by atoms with van der Waals surface area (Å²) in [5.74, 6) is 0. The summed E-state index contributed by atoms with van der Waals surface area (Å²) < 4.78 is 0. The summed E-state index contributed by atoms with van der Waals surface area (Å²) in [5, 5.41) is 0. The molecule has 22 radical (unpaired) electrons. The van der Waals surface area contributed by atoms with E-state index in [1.807, 2.05) is 0 Å². The van der Waals surface area contributed by atoms with E-state index in [4.69, 9.17) is 0 Å². The molecule has 0 fully saturated rings. The monoisotopic (exact) mass is 384 g/mol. The molecule has 0 amide bonds. The fourth-order valence-electron chi connectivity index (χ4n) is 0. The Balaban J connectivity index is 0. The fourth-order valence-corrected chi connectivity index (χ4v) is 0. The Morgan fingerprint density at radius 2 is 0.235 bits per heavy atom. The van der Waals surface area contributed by atoms with Gasteiger partial charge in [0.25, 0.3) is 0 Å². The summed E-state index contributed by atoms with van der Waals surface area (Å²) in [6.07, 6.45) is 0.